The fourth-order valence-corrected chi connectivity index (χ4v) is 2.19. The van der Waals surface area contributed by atoms with E-state index < -0.39 is 5.97 Å². The highest BCUT2D eigenvalue weighted by atomic mass is 16.6. The number of carbonyl (C=O) groups is 1. The first-order chi connectivity index (χ1) is 10.5. The van der Waals surface area contributed by atoms with E-state index in [1.165, 1.54) is 5.56 Å². The van der Waals surface area contributed by atoms with Gasteiger partial charge in [0.15, 0.2) is 6.61 Å². The molecule has 0 atom stereocenters. The Kier molecular flexibility index (Phi) is 5.21. The van der Waals surface area contributed by atoms with Gasteiger partial charge in [0.1, 0.15) is 11.5 Å². The molecule has 0 saturated carbocycles. The van der Waals surface area contributed by atoms with Crippen LogP contribution in [0.5, 0.6) is 11.5 Å². The average molecular weight is 298 g/mol. The predicted octanol–water partition coefficient (Wildman–Crippen LogP) is 4.41. The zero-order chi connectivity index (χ0) is 16.1. The molecule has 0 aliphatic rings. The predicted molar refractivity (Wildman–Crippen MR) is 87.6 cm³/mol. The number of ether oxygens (including phenoxy) is 2. The van der Waals surface area contributed by atoms with E-state index in [2.05, 4.69) is 13.8 Å². The smallest absolute Gasteiger partial charge is 0.349 e. The summed E-state index contributed by atoms with van der Waals surface area (Å²) in [6.07, 6.45) is 0. The third kappa shape index (κ3) is 4.10. The Labute approximate surface area is 131 Å². The molecular weight excluding hydrogens is 276 g/mol. The maximum Gasteiger partial charge on any atom is 0.349 e. The van der Waals surface area contributed by atoms with Crippen LogP contribution in [-0.2, 0) is 4.79 Å². The van der Waals surface area contributed by atoms with Crippen molar-refractivity contribution in [1.29, 1.82) is 0 Å². The van der Waals surface area contributed by atoms with E-state index in [1.807, 2.05) is 56.3 Å². The number of para-hydroxylation sites is 1. The van der Waals surface area contributed by atoms with Crippen LogP contribution < -0.4 is 9.47 Å². The molecule has 116 valence electrons. The average Bonchev–Trinajstić information content (AvgIpc) is 2.49. The lowest BCUT2D eigenvalue weighted by atomic mass is 10.0. The van der Waals surface area contributed by atoms with E-state index in [-0.39, 0.29) is 6.61 Å². The van der Waals surface area contributed by atoms with E-state index in [0.717, 1.165) is 11.1 Å². The molecule has 3 heteroatoms. The van der Waals surface area contributed by atoms with Crippen molar-refractivity contribution in [3.05, 3.63) is 59.2 Å². The molecule has 0 heterocycles. The molecule has 0 aliphatic carbocycles. The summed E-state index contributed by atoms with van der Waals surface area (Å²) in [4.78, 5) is 11.9. The molecule has 0 radical (unpaired) electrons. The van der Waals surface area contributed by atoms with Gasteiger partial charge < -0.3 is 9.47 Å². The van der Waals surface area contributed by atoms with Gasteiger partial charge in [-0.15, -0.1) is 0 Å². The van der Waals surface area contributed by atoms with Gasteiger partial charge in [0.05, 0.1) is 0 Å². The number of rotatable bonds is 5. The Morgan fingerprint density at radius 2 is 1.59 bits per heavy atom. The topological polar surface area (TPSA) is 35.5 Å². The van der Waals surface area contributed by atoms with Crippen LogP contribution in [-0.4, -0.2) is 12.6 Å². The second-order valence-electron chi connectivity index (χ2n) is 5.71. The summed E-state index contributed by atoms with van der Waals surface area (Å²) >= 11 is 0. The lowest BCUT2D eigenvalue weighted by Crippen LogP contribution is -2.18. The number of hydrogen-bond acceptors (Lipinski definition) is 3. The summed E-state index contributed by atoms with van der Waals surface area (Å²) in [6.45, 7) is 8.01. The van der Waals surface area contributed by atoms with Crippen LogP contribution in [0.4, 0.5) is 0 Å². The summed E-state index contributed by atoms with van der Waals surface area (Å²) in [6, 6.07) is 13.5. The fraction of sp³-hybridized carbons (Fsp3) is 0.316. The Morgan fingerprint density at radius 1 is 1.00 bits per heavy atom. The van der Waals surface area contributed by atoms with Crippen LogP contribution in [0, 0.1) is 13.8 Å². The van der Waals surface area contributed by atoms with Crippen molar-refractivity contribution in [3.8, 4) is 11.5 Å². The van der Waals surface area contributed by atoms with Crippen molar-refractivity contribution in [3.63, 3.8) is 0 Å². The quantitative estimate of drug-likeness (QED) is 0.606. The zero-order valence-electron chi connectivity index (χ0n) is 13.6. The molecular formula is C19H22O3. The largest absolute Gasteiger partial charge is 0.482 e. The summed E-state index contributed by atoms with van der Waals surface area (Å²) in [5, 5.41) is 0. The van der Waals surface area contributed by atoms with Crippen molar-refractivity contribution < 1.29 is 14.3 Å². The second-order valence-corrected chi connectivity index (χ2v) is 5.71. The minimum Gasteiger partial charge on any atom is -0.482 e. The number of aryl methyl sites for hydroxylation is 2. The van der Waals surface area contributed by atoms with Crippen LogP contribution in [0.3, 0.4) is 0 Å². The highest BCUT2D eigenvalue weighted by Crippen LogP contribution is 2.23. The Hall–Kier alpha value is -2.29. The van der Waals surface area contributed by atoms with E-state index >= 15 is 0 Å². The van der Waals surface area contributed by atoms with E-state index in [4.69, 9.17) is 9.47 Å². The van der Waals surface area contributed by atoms with Crippen molar-refractivity contribution in [1.82, 2.24) is 0 Å². The van der Waals surface area contributed by atoms with Crippen LogP contribution in [0.15, 0.2) is 42.5 Å². The van der Waals surface area contributed by atoms with Gasteiger partial charge >= 0.3 is 5.97 Å². The summed E-state index contributed by atoms with van der Waals surface area (Å²) < 4.78 is 10.9. The number of carbonyl (C=O) groups excluding carboxylic acids is 1. The highest BCUT2D eigenvalue weighted by molar-refractivity contribution is 5.74. The third-order valence-electron chi connectivity index (χ3n) is 3.53. The van der Waals surface area contributed by atoms with Crippen LogP contribution in [0.1, 0.15) is 36.5 Å². The van der Waals surface area contributed by atoms with Gasteiger partial charge in [-0.2, -0.15) is 0 Å². The van der Waals surface area contributed by atoms with E-state index in [9.17, 15) is 4.79 Å². The first-order valence-electron chi connectivity index (χ1n) is 7.47. The highest BCUT2D eigenvalue weighted by Gasteiger charge is 2.10. The van der Waals surface area contributed by atoms with Crippen molar-refractivity contribution in [2.75, 3.05) is 6.61 Å². The monoisotopic (exact) mass is 298 g/mol. The van der Waals surface area contributed by atoms with Crippen molar-refractivity contribution >= 4 is 5.97 Å². The second kappa shape index (κ2) is 7.12. The van der Waals surface area contributed by atoms with Gasteiger partial charge in [0.25, 0.3) is 0 Å². The number of esters is 1. The first kappa shape index (κ1) is 16.1. The molecule has 0 fully saturated rings. The number of hydrogen-bond donors (Lipinski definition) is 0. The van der Waals surface area contributed by atoms with Gasteiger partial charge in [0, 0.05) is 0 Å². The van der Waals surface area contributed by atoms with Crippen LogP contribution >= 0.6 is 0 Å². The minimum atomic E-state index is -0.398. The van der Waals surface area contributed by atoms with Gasteiger partial charge in [-0.3, -0.25) is 0 Å². The van der Waals surface area contributed by atoms with Crippen LogP contribution in [0.2, 0.25) is 0 Å². The first-order valence-corrected chi connectivity index (χ1v) is 7.47. The zero-order valence-corrected chi connectivity index (χ0v) is 13.6. The lowest BCUT2D eigenvalue weighted by Gasteiger charge is -2.11. The molecule has 0 saturated heterocycles. The molecule has 22 heavy (non-hydrogen) atoms. The van der Waals surface area contributed by atoms with Gasteiger partial charge in [-0.25, -0.2) is 4.79 Å². The molecule has 0 aromatic heterocycles. The molecule has 0 spiro atoms. The van der Waals surface area contributed by atoms with E-state index in [1.54, 1.807) is 0 Å². The van der Waals surface area contributed by atoms with Gasteiger partial charge in [0.2, 0.25) is 0 Å². The lowest BCUT2D eigenvalue weighted by molar-refractivity contribution is -0.136. The maximum atomic E-state index is 11.9. The standard InChI is InChI=1S/C19H22O3/c1-13(2)16-8-10-17(11-9-16)21-12-18(20)22-19-14(3)6-5-7-15(19)4/h5-11,13H,12H2,1-4H3. The van der Waals surface area contributed by atoms with Crippen LogP contribution in [0.25, 0.3) is 0 Å². The van der Waals surface area contributed by atoms with Crippen molar-refractivity contribution in [2.24, 2.45) is 0 Å². The van der Waals surface area contributed by atoms with E-state index in [0.29, 0.717) is 17.4 Å². The number of benzene rings is 2. The Balaban J connectivity index is 1.93. The molecule has 3 nitrogen and oxygen atoms in total. The molecule has 2 aromatic carbocycles. The molecule has 2 rings (SSSR count). The fourth-order valence-electron chi connectivity index (χ4n) is 2.19. The molecule has 0 aliphatic heterocycles. The van der Waals surface area contributed by atoms with Gasteiger partial charge in [-0.05, 0) is 48.6 Å². The summed E-state index contributed by atoms with van der Waals surface area (Å²) in [5.74, 6) is 1.36. The van der Waals surface area contributed by atoms with Gasteiger partial charge in [-0.1, -0.05) is 44.2 Å². The minimum absolute atomic E-state index is 0.102. The molecule has 0 amide bonds. The normalized spacial score (nSPS) is 10.6. The summed E-state index contributed by atoms with van der Waals surface area (Å²) in [7, 11) is 0. The SMILES string of the molecule is Cc1cccc(C)c1OC(=O)COc1ccc(C(C)C)cc1. The summed E-state index contributed by atoms with van der Waals surface area (Å²) in [5.41, 5.74) is 3.12. The Bertz CT molecular complexity index is 622. The molecule has 2 aromatic rings. The Morgan fingerprint density at radius 3 is 2.14 bits per heavy atom. The maximum absolute atomic E-state index is 11.9. The molecule has 0 unspecified atom stereocenters. The third-order valence-corrected chi connectivity index (χ3v) is 3.53. The molecule has 0 bridgehead atoms. The van der Waals surface area contributed by atoms with Crippen molar-refractivity contribution in [2.45, 2.75) is 33.6 Å². The molecule has 0 N–H and O–H groups in total.